The second kappa shape index (κ2) is 9.72. The molecule has 2 aliphatic heterocycles. The van der Waals surface area contributed by atoms with E-state index in [2.05, 4.69) is 15.8 Å². The fourth-order valence-corrected chi connectivity index (χ4v) is 4.55. The quantitative estimate of drug-likeness (QED) is 0.496. The van der Waals surface area contributed by atoms with Crippen LogP contribution in [0, 0.1) is 11.3 Å². The number of oxime groups is 1. The van der Waals surface area contributed by atoms with Gasteiger partial charge in [0.15, 0.2) is 11.3 Å². The number of nitrogens with zero attached hydrogens (tertiary/aromatic N) is 3. The van der Waals surface area contributed by atoms with Crippen molar-refractivity contribution in [1.29, 1.82) is 5.26 Å². The lowest BCUT2D eigenvalue weighted by Crippen LogP contribution is -2.58. The van der Waals surface area contributed by atoms with E-state index in [-0.39, 0.29) is 25.2 Å². The Balaban J connectivity index is 1.45. The van der Waals surface area contributed by atoms with Gasteiger partial charge in [-0.05, 0) is 31.2 Å². The van der Waals surface area contributed by atoms with Crippen LogP contribution < -0.4 is 10.6 Å². The minimum atomic E-state index is -3.32. The molecule has 10 nitrogen and oxygen atoms in total. The molecule has 4 rings (SSSR count). The smallest absolute Gasteiger partial charge is 0.353 e. The second-order valence-corrected chi connectivity index (χ2v) is 9.73. The number of nitrogens with one attached hydrogen (secondary N) is 2. The molecule has 3 amide bonds. The van der Waals surface area contributed by atoms with Crippen LogP contribution in [-0.2, 0) is 20.8 Å². The predicted molar refractivity (Wildman–Crippen MR) is 122 cm³/mol. The molecule has 1 saturated heterocycles. The molecule has 2 atom stereocenters. The number of benzene rings is 1. The summed E-state index contributed by atoms with van der Waals surface area (Å²) in [6.45, 7) is 0.270. The van der Waals surface area contributed by atoms with Gasteiger partial charge in [-0.25, -0.2) is 18.4 Å². The Morgan fingerprint density at radius 2 is 1.97 bits per heavy atom. The Bertz CT molecular complexity index is 1100. The number of nitriles is 1. The zero-order chi connectivity index (χ0) is 26.0. The van der Waals surface area contributed by atoms with Gasteiger partial charge < -0.3 is 25.5 Å². The van der Waals surface area contributed by atoms with E-state index in [9.17, 15) is 24.8 Å². The van der Waals surface area contributed by atoms with Gasteiger partial charge in [0.25, 0.3) is 5.92 Å². The summed E-state index contributed by atoms with van der Waals surface area (Å²) in [4.78, 5) is 43.9. The number of carboxylic acid groups (broad SMARTS) is 1. The van der Waals surface area contributed by atoms with E-state index >= 15 is 8.78 Å². The number of likely N-dealkylation sites (tertiary alicyclic amines) is 1. The summed E-state index contributed by atoms with van der Waals surface area (Å²) in [5, 5.41) is 27.0. The van der Waals surface area contributed by atoms with Crippen LogP contribution in [-0.4, -0.2) is 69.8 Å². The molecular weight excluding hydrogens is 476 g/mol. The lowest BCUT2D eigenvalue weighted by Gasteiger charge is -2.38. The topological polar surface area (TPSA) is 144 Å². The lowest BCUT2D eigenvalue weighted by molar-refractivity contribution is -0.129. The fraction of sp³-hybridized carbons (Fsp3) is 0.542. The summed E-state index contributed by atoms with van der Waals surface area (Å²) < 4.78 is 30.0. The number of aliphatic carboxylic acids is 1. The molecule has 2 fully saturated rings. The number of piperidine rings is 1. The molecule has 2 unspecified atom stereocenters. The van der Waals surface area contributed by atoms with Crippen molar-refractivity contribution < 1.29 is 33.1 Å². The summed E-state index contributed by atoms with van der Waals surface area (Å²) in [6.07, 6.45) is 0.211. The van der Waals surface area contributed by atoms with Crippen LogP contribution in [0.25, 0.3) is 0 Å². The van der Waals surface area contributed by atoms with Gasteiger partial charge in [-0.3, -0.25) is 4.79 Å². The molecule has 1 aromatic rings. The molecule has 36 heavy (non-hydrogen) atoms. The summed E-state index contributed by atoms with van der Waals surface area (Å²) >= 11 is 0. The fourth-order valence-electron chi connectivity index (χ4n) is 4.55. The highest BCUT2D eigenvalue weighted by molar-refractivity contribution is 6.36. The van der Waals surface area contributed by atoms with E-state index in [1.807, 2.05) is 6.07 Å². The highest BCUT2D eigenvalue weighted by Gasteiger charge is 2.48. The van der Waals surface area contributed by atoms with Gasteiger partial charge in [0.2, 0.25) is 5.91 Å². The highest BCUT2D eigenvalue weighted by Crippen LogP contribution is 2.36. The molecule has 3 aliphatic rings. The SMILES string of the molecule is N#CC1(NC(=O)C(CC(F)(F)Cc2ccccc2)NC(=O)N2CCCC3(CC(C(=O)O)=NO3)C2)CC1. The molecule has 3 N–H and O–H groups in total. The highest BCUT2D eigenvalue weighted by atomic mass is 19.3. The number of carbonyl (C=O) groups excluding carboxylic acids is 2. The lowest BCUT2D eigenvalue weighted by atomic mass is 9.88. The van der Waals surface area contributed by atoms with E-state index in [4.69, 9.17) is 4.84 Å². The number of carboxylic acids is 1. The zero-order valence-corrected chi connectivity index (χ0v) is 19.5. The molecule has 0 bridgehead atoms. The van der Waals surface area contributed by atoms with Crippen LogP contribution in [0.5, 0.6) is 0 Å². The van der Waals surface area contributed by atoms with E-state index in [0.717, 1.165) is 0 Å². The van der Waals surface area contributed by atoms with Gasteiger partial charge in [-0.2, -0.15) is 5.26 Å². The van der Waals surface area contributed by atoms with Crippen molar-refractivity contribution in [3.05, 3.63) is 35.9 Å². The first kappa shape index (κ1) is 25.3. The van der Waals surface area contributed by atoms with Crippen molar-refractivity contribution in [2.75, 3.05) is 13.1 Å². The minimum Gasteiger partial charge on any atom is -0.477 e. The van der Waals surface area contributed by atoms with Crippen LogP contribution in [0.15, 0.2) is 35.5 Å². The maximum absolute atomic E-state index is 15.0. The Morgan fingerprint density at radius 3 is 2.58 bits per heavy atom. The van der Waals surface area contributed by atoms with Gasteiger partial charge in [0.05, 0.1) is 12.6 Å². The van der Waals surface area contributed by atoms with Crippen LogP contribution in [0.4, 0.5) is 13.6 Å². The van der Waals surface area contributed by atoms with Crippen molar-refractivity contribution in [3.63, 3.8) is 0 Å². The van der Waals surface area contributed by atoms with E-state index in [1.54, 1.807) is 30.3 Å². The number of halogens is 2. The van der Waals surface area contributed by atoms with E-state index < -0.39 is 53.9 Å². The number of alkyl halides is 2. The monoisotopic (exact) mass is 503 g/mol. The van der Waals surface area contributed by atoms with Crippen molar-refractivity contribution in [3.8, 4) is 6.07 Å². The first-order valence-electron chi connectivity index (χ1n) is 11.7. The first-order chi connectivity index (χ1) is 17.0. The Morgan fingerprint density at radius 1 is 1.25 bits per heavy atom. The van der Waals surface area contributed by atoms with Gasteiger partial charge in [-0.1, -0.05) is 35.5 Å². The van der Waals surface area contributed by atoms with Gasteiger partial charge in [-0.15, -0.1) is 0 Å². The molecule has 1 aromatic carbocycles. The van der Waals surface area contributed by atoms with E-state index in [0.29, 0.717) is 31.2 Å². The summed E-state index contributed by atoms with van der Waals surface area (Å²) in [5.41, 5.74) is -1.86. The van der Waals surface area contributed by atoms with Gasteiger partial charge >= 0.3 is 12.0 Å². The third-order valence-electron chi connectivity index (χ3n) is 6.66. The van der Waals surface area contributed by atoms with Gasteiger partial charge in [0, 0.05) is 25.8 Å². The van der Waals surface area contributed by atoms with Crippen molar-refractivity contribution in [1.82, 2.24) is 15.5 Å². The van der Waals surface area contributed by atoms with Crippen molar-refractivity contribution >= 4 is 23.6 Å². The standard InChI is InChI=1S/C24H27F2N5O5/c25-24(26,11-16-5-2-1-3-6-16)13-17(19(32)29-22(14-27)8-9-22)28-21(35)31-10-4-7-23(15-31)12-18(20(33)34)30-36-23/h1-3,5-6,17H,4,7-13,15H2,(H,28,35)(H,29,32)(H,33,34). The number of hydrogen-bond donors (Lipinski definition) is 3. The first-order valence-corrected chi connectivity index (χ1v) is 11.7. The van der Waals surface area contributed by atoms with Crippen LogP contribution >= 0.6 is 0 Å². The number of urea groups is 1. The summed E-state index contributed by atoms with van der Waals surface area (Å²) in [7, 11) is 0. The second-order valence-electron chi connectivity index (χ2n) is 9.73. The van der Waals surface area contributed by atoms with Crippen LogP contribution in [0.3, 0.4) is 0 Å². The molecule has 1 saturated carbocycles. The van der Waals surface area contributed by atoms with Crippen LogP contribution in [0.2, 0.25) is 0 Å². The average molecular weight is 504 g/mol. The molecular formula is C24H27F2N5O5. The van der Waals surface area contributed by atoms with E-state index in [1.165, 1.54) is 4.90 Å². The predicted octanol–water partition coefficient (Wildman–Crippen LogP) is 2.20. The third-order valence-corrected chi connectivity index (χ3v) is 6.66. The van der Waals surface area contributed by atoms with Crippen molar-refractivity contribution in [2.24, 2.45) is 5.16 Å². The molecule has 1 spiro atoms. The maximum atomic E-state index is 15.0. The molecule has 192 valence electrons. The third kappa shape index (κ3) is 5.90. The normalized spacial score (nSPS) is 23.1. The van der Waals surface area contributed by atoms with Crippen LogP contribution in [0.1, 0.15) is 44.1 Å². The number of hydrogen-bond acceptors (Lipinski definition) is 6. The molecule has 0 radical (unpaired) electrons. The Hall–Kier alpha value is -3.75. The summed E-state index contributed by atoms with van der Waals surface area (Å²) in [5.74, 6) is -5.38. The average Bonchev–Trinajstić information content (AvgIpc) is 3.49. The zero-order valence-electron chi connectivity index (χ0n) is 19.5. The number of carbonyl (C=O) groups is 3. The minimum absolute atomic E-state index is 0.00397. The number of amides is 3. The number of rotatable bonds is 8. The summed E-state index contributed by atoms with van der Waals surface area (Å²) in [6, 6.07) is 7.73. The molecule has 1 aliphatic carbocycles. The molecule has 2 heterocycles. The maximum Gasteiger partial charge on any atom is 0.353 e. The van der Waals surface area contributed by atoms with Gasteiger partial charge in [0.1, 0.15) is 11.6 Å². The Labute approximate surface area is 206 Å². The largest absolute Gasteiger partial charge is 0.477 e. The van der Waals surface area contributed by atoms with Crippen molar-refractivity contribution in [2.45, 2.75) is 68.1 Å². The Kier molecular flexibility index (Phi) is 6.84. The molecule has 0 aromatic heterocycles. The molecule has 12 heteroatoms.